The van der Waals surface area contributed by atoms with Gasteiger partial charge in [-0.1, -0.05) is 54.2 Å². The maximum absolute atomic E-state index is 5.52. The minimum absolute atomic E-state index is 0. The summed E-state index contributed by atoms with van der Waals surface area (Å²) in [5.41, 5.74) is 7.52. The molecule has 6 rings (SSSR count). The second-order valence-electron chi connectivity index (χ2n) is 9.23. The Morgan fingerprint density at radius 3 is 2.08 bits per heavy atom. The predicted octanol–water partition coefficient (Wildman–Crippen LogP) is 2.56. The van der Waals surface area contributed by atoms with Crippen molar-refractivity contribution in [3.05, 3.63) is 113 Å². The topological polar surface area (TPSA) is 24.7 Å². The van der Waals surface area contributed by atoms with Gasteiger partial charge in [0.2, 0.25) is 0 Å². The number of benzene rings is 2. The molecule has 2 aromatic carbocycles. The number of hydrogen-bond donors (Lipinski definition) is 0. The van der Waals surface area contributed by atoms with Crippen LogP contribution in [0.5, 0.6) is 0 Å². The van der Waals surface area contributed by atoms with Crippen LogP contribution >= 0.6 is 11.8 Å². The molecule has 2 saturated heterocycles. The molecule has 0 unspecified atom stereocenters. The Morgan fingerprint density at radius 1 is 0.703 bits per heavy atom. The van der Waals surface area contributed by atoms with Crippen LogP contribution in [0.4, 0.5) is 5.69 Å². The van der Waals surface area contributed by atoms with E-state index in [4.69, 9.17) is 9.47 Å². The number of rotatable bonds is 3. The van der Waals surface area contributed by atoms with Crippen molar-refractivity contribution in [3.8, 4) is 0 Å². The molecule has 2 fully saturated rings. The first-order valence-corrected chi connectivity index (χ1v) is 13.5. The summed E-state index contributed by atoms with van der Waals surface area (Å²) < 4.78 is 13.4. The summed E-state index contributed by atoms with van der Waals surface area (Å²) in [6.45, 7) is 7.03. The number of thioether (sulfide) groups is 1. The summed E-state index contributed by atoms with van der Waals surface area (Å²) in [6.07, 6.45) is 13.7. The second kappa shape index (κ2) is 12.1. The summed E-state index contributed by atoms with van der Waals surface area (Å²) >= 11 is 1.85. The van der Waals surface area contributed by atoms with Crippen molar-refractivity contribution < 1.29 is 26.5 Å². The molecule has 4 nitrogen and oxygen atoms in total. The number of allylic oxidation sites excluding steroid dienone is 8. The predicted molar refractivity (Wildman–Crippen MR) is 151 cm³/mol. The summed E-state index contributed by atoms with van der Waals surface area (Å²) in [5, 5.41) is 0. The summed E-state index contributed by atoms with van der Waals surface area (Å²) in [7, 11) is 0. The molecule has 0 spiro atoms. The maximum Gasteiger partial charge on any atom is 0.200 e. The first-order chi connectivity index (χ1) is 17.8. The fourth-order valence-corrected chi connectivity index (χ4v) is 6.02. The molecule has 3 heterocycles. The van der Waals surface area contributed by atoms with Crippen LogP contribution in [0.3, 0.4) is 0 Å². The van der Waals surface area contributed by atoms with E-state index in [2.05, 4.69) is 101 Å². The molecule has 4 aliphatic rings. The number of halogens is 1. The highest BCUT2D eigenvalue weighted by Gasteiger charge is 2.20. The average Bonchev–Trinajstić information content (AvgIpc) is 2.98. The third-order valence-corrected chi connectivity index (χ3v) is 8.10. The van der Waals surface area contributed by atoms with E-state index in [0.29, 0.717) is 0 Å². The normalized spacial score (nSPS) is 19.9. The number of morpholine rings is 2. The molecule has 0 N–H and O–H groups in total. The van der Waals surface area contributed by atoms with Crippen LogP contribution in [0, 0.1) is 0 Å². The van der Waals surface area contributed by atoms with Gasteiger partial charge in [-0.05, 0) is 58.7 Å². The summed E-state index contributed by atoms with van der Waals surface area (Å²) in [5.74, 6) is 0. The lowest BCUT2D eigenvalue weighted by Crippen LogP contribution is -3.00. The first-order valence-electron chi connectivity index (χ1n) is 12.7. The van der Waals surface area contributed by atoms with E-state index in [1.54, 1.807) is 0 Å². The highest BCUT2D eigenvalue weighted by Crippen LogP contribution is 2.44. The van der Waals surface area contributed by atoms with Crippen LogP contribution < -0.4 is 17.3 Å². The van der Waals surface area contributed by atoms with Crippen LogP contribution in [-0.4, -0.2) is 62.9 Å². The molecule has 0 saturated carbocycles. The van der Waals surface area contributed by atoms with Crippen molar-refractivity contribution in [2.24, 2.45) is 0 Å². The fourth-order valence-electron chi connectivity index (χ4n) is 4.90. The Balaban J connectivity index is 0.00000280. The monoisotopic (exact) mass is 530 g/mol. The van der Waals surface area contributed by atoms with Crippen molar-refractivity contribution in [3.63, 3.8) is 0 Å². The van der Waals surface area contributed by atoms with Gasteiger partial charge in [-0.2, -0.15) is 0 Å². The molecule has 0 amide bonds. The maximum atomic E-state index is 5.52. The molecule has 37 heavy (non-hydrogen) atoms. The van der Waals surface area contributed by atoms with Gasteiger partial charge in [-0.15, -0.1) is 0 Å². The van der Waals surface area contributed by atoms with Crippen molar-refractivity contribution >= 4 is 33.6 Å². The molecule has 0 aromatic heterocycles. The molecule has 6 heteroatoms. The fraction of sp³-hybridized carbons (Fsp3) is 0.258. The lowest BCUT2D eigenvalue weighted by Gasteiger charge is -2.29. The quantitative estimate of drug-likeness (QED) is 0.570. The molecular weight excluding hydrogens is 500 g/mol. The van der Waals surface area contributed by atoms with Crippen LogP contribution in [-0.2, 0) is 9.47 Å². The zero-order valence-corrected chi connectivity index (χ0v) is 22.4. The Morgan fingerprint density at radius 2 is 1.38 bits per heavy atom. The van der Waals surface area contributed by atoms with Crippen LogP contribution in [0.1, 0.15) is 11.1 Å². The SMILES string of the molecule is C1=CC(=[N+]2CCOCC2)C=CC1=C1C=C(c2ccccc2)C=C(c2ccc(N3CCOCC3)cc2)S1.[Cl-]. The number of anilines is 1. The third kappa shape index (κ3) is 6.02. The largest absolute Gasteiger partial charge is 1.00 e. The van der Waals surface area contributed by atoms with E-state index in [-0.39, 0.29) is 12.4 Å². The first kappa shape index (κ1) is 25.8. The van der Waals surface area contributed by atoms with E-state index in [9.17, 15) is 0 Å². The molecular formula is C31H31ClN2O2S. The zero-order valence-electron chi connectivity index (χ0n) is 20.8. The van der Waals surface area contributed by atoms with Crippen LogP contribution in [0.2, 0.25) is 0 Å². The van der Waals surface area contributed by atoms with Crippen LogP contribution in [0.15, 0.2) is 102 Å². The van der Waals surface area contributed by atoms with E-state index < -0.39 is 0 Å². The Bertz CT molecular complexity index is 1270. The summed E-state index contributed by atoms with van der Waals surface area (Å²) in [6, 6.07) is 19.7. The molecule has 2 aromatic rings. The second-order valence-corrected chi connectivity index (χ2v) is 10.3. The smallest absolute Gasteiger partial charge is 0.200 e. The molecule has 0 radical (unpaired) electrons. The van der Waals surface area contributed by atoms with Crippen molar-refractivity contribution in [1.29, 1.82) is 0 Å². The lowest BCUT2D eigenvalue weighted by molar-refractivity contribution is -0.547. The van der Waals surface area contributed by atoms with Gasteiger partial charge >= 0.3 is 0 Å². The van der Waals surface area contributed by atoms with Gasteiger partial charge in [0.25, 0.3) is 0 Å². The lowest BCUT2D eigenvalue weighted by atomic mass is 10.0. The van der Waals surface area contributed by atoms with Gasteiger partial charge in [0.05, 0.1) is 13.2 Å². The summed E-state index contributed by atoms with van der Waals surface area (Å²) in [4.78, 5) is 4.95. The van der Waals surface area contributed by atoms with Gasteiger partial charge in [0, 0.05) is 40.7 Å². The number of hydrogen-bond acceptors (Lipinski definition) is 4. The minimum Gasteiger partial charge on any atom is -1.00 e. The Labute approximate surface area is 229 Å². The van der Waals surface area contributed by atoms with E-state index in [1.807, 2.05) is 11.8 Å². The van der Waals surface area contributed by atoms with E-state index in [0.717, 1.165) is 52.6 Å². The van der Waals surface area contributed by atoms with Crippen molar-refractivity contribution in [1.82, 2.24) is 0 Å². The molecule has 1 aliphatic carbocycles. The van der Waals surface area contributed by atoms with Crippen molar-refractivity contribution in [2.45, 2.75) is 0 Å². The average molecular weight is 531 g/mol. The van der Waals surface area contributed by atoms with Gasteiger partial charge in [0.15, 0.2) is 18.8 Å². The van der Waals surface area contributed by atoms with Gasteiger partial charge < -0.3 is 26.8 Å². The van der Waals surface area contributed by atoms with Gasteiger partial charge in [0.1, 0.15) is 13.2 Å². The molecule has 0 atom stereocenters. The highest BCUT2D eigenvalue weighted by molar-refractivity contribution is 8.12. The highest BCUT2D eigenvalue weighted by atomic mass is 35.5. The van der Waals surface area contributed by atoms with Gasteiger partial charge in [-0.3, -0.25) is 0 Å². The van der Waals surface area contributed by atoms with E-state index in [1.165, 1.54) is 43.5 Å². The third-order valence-electron chi connectivity index (χ3n) is 6.96. The minimum atomic E-state index is 0. The zero-order chi connectivity index (χ0) is 24.2. The van der Waals surface area contributed by atoms with Crippen molar-refractivity contribution in [2.75, 3.05) is 57.5 Å². The Hall–Kier alpha value is -2.83. The molecule has 3 aliphatic heterocycles. The van der Waals surface area contributed by atoms with Gasteiger partial charge in [-0.25, -0.2) is 4.58 Å². The molecule has 190 valence electrons. The number of ether oxygens (including phenoxy) is 2. The standard InChI is InChI=1S/C31H31N2O2S.ClH/c1-2-4-24(5-3-1)27-22-30(25-6-10-28(11-7-25)32-14-18-34-19-15-32)36-31(23-27)26-8-12-29(13-9-26)33-16-20-35-21-17-33;/h1-13,22-23H,14-21H2;1H/q+1;/p-1. The van der Waals surface area contributed by atoms with Crippen LogP contribution in [0.25, 0.3) is 10.5 Å². The van der Waals surface area contributed by atoms with E-state index >= 15 is 0 Å². The molecule has 0 bridgehead atoms. The Kier molecular flexibility index (Phi) is 8.47. The number of nitrogens with zero attached hydrogens (tertiary/aromatic N) is 2.